The largest absolute Gasteiger partial charge is 0.497 e. The first kappa shape index (κ1) is 23.1. The fourth-order valence-electron chi connectivity index (χ4n) is 2.98. The lowest BCUT2D eigenvalue weighted by atomic mass is 10.2. The Morgan fingerprint density at radius 3 is 2.31 bits per heavy atom. The Labute approximate surface area is 188 Å². The number of nitrogens with one attached hydrogen (secondary N) is 1. The van der Waals surface area contributed by atoms with Crippen molar-refractivity contribution in [2.75, 3.05) is 31.1 Å². The van der Waals surface area contributed by atoms with Crippen LogP contribution < -0.4 is 19.1 Å². The Bertz CT molecular complexity index is 1130. The molecule has 0 unspecified atom stereocenters. The van der Waals surface area contributed by atoms with E-state index in [4.69, 9.17) is 9.47 Å². The molecule has 0 saturated carbocycles. The van der Waals surface area contributed by atoms with Crippen molar-refractivity contribution in [1.29, 1.82) is 0 Å². The average Bonchev–Trinajstić information content (AvgIpc) is 2.81. The smallest absolute Gasteiger partial charge is 0.264 e. The third-order valence-electron chi connectivity index (χ3n) is 4.67. The Kier molecular flexibility index (Phi) is 7.72. The molecule has 0 aromatic heterocycles. The van der Waals surface area contributed by atoms with Crippen LogP contribution in [0.2, 0.25) is 0 Å². The van der Waals surface area contributed by atoms with E-state index < -0.39 is 15.9 Å². The normalized spacial score (nSPS) is 10.9. The lowest BCUT2D eigenvalue weighted by Crippen LogP contribution is -2.41. The Morgan fingerprint density at radius 1 is 0.938 bits per heavy atom. The molecule has 0 saturated heterocycles. The highest BCUT2D eigenvalue weighted by Gasteiger charge is 2.26. The highest BCUT2D eigenvalue weighted by molar-refractivity contribution is 7.92. The van der Waals surface area contributed by atoms with E-state index in [1.807, 2.05) is 6.92 Å². The lowest BCUT2D eigenvalue weighted by molar-refractivity contribution is -0.119. The van der Waals surface area contributed by atoms with Gasteiger partial charge in [-0.05, 0) is 43.3 Å². The first-order chi connectivity index (χ1) is 15.4. The van der Waals surface area contributed by atoms with Crippen LogP contribution in [0, 0.1) is 6.92 Å². The fraction of sp³-hybridized carbons (Fsp3) is 0.208. The van der Waals surface area contributed by atoms with Crippen LogP contribution >= 0.6 is 0 Å². The Morgan fingerprint density at radius 2 is 1.62 bits per heavy atom. The van der Waals surface area contributed by atoms with Gasteiger partial charge in [0, 0.05) is 6.07 Å². The van der Waals surface area contributed by atoms with Gasteiger partial charge in [0.2, 0.25) is 5.91 Å². The minimum absolute atomic E-state index is 0.126. The van der Waals surface area contributed by atoms with Crippen molar-refractivity contribution in [3.05, 3.63) is 84.4 Å². The van der Waals surface area contributed by atoms with Gasteiger partial charge in [0.05, 0.1) is 24.2 Å². The topological polar surface area (TPSA) is 84.9 Å². The molecule has 3 aromatic carbocycles. The minimum Gasteiger partial charge on any atom is -0.497 e. The standard InChI is InChI=1S/C24H26N2O5S/c1-19-11-13-23(14-12-19)32(28,29)26(20-7-4-3-5-8-20)18-24(27)25-15-16-31-22-10-6-9-21(17-22)30-2/h3-14,17H,15-16,18H2,1-2H3,(H,25,27). The van der Waals surface area contributed by atoms with Gasteiger partial charge in [-0.15, -0.1) is 0 Å². The van der Waals surface area contributed by atoms with Gasteiger partial charge in [0.15, 0.2) is 0 Å². The number of rotatable bonds is 10. The van der Waals surface area contributed by atoms with Gasteiger partial charge in [-0.25, -0.2) is 8.42 Å². The summed E-state index contributed by atoms with van der Waals surface area (Å²) in [5, 5.41) is 2.71. The molecule has 1 amide bonds. The van der Waals surface area contributed by atoms with Crippen molar-refractivity contribution < 1.29 is 22.7 Å². The van der Waals surface area contributed by atoms with Crippen LogP contribution in [0.1, 0.15) is 5.56 Å². The molecule has 0 aliphatic rings. The summed E-state index contributed by atoms with van der Waals surface area (Å²) < 4.78 is 38.4. The van der Waals surface area contributed by atoms with Crippen molar-refractivity contribution in [3.63, 3.8) is 0 Å². The molecule has 8 heteroatoms. The molecule has 3 rings (SSSR count). The van der Waals surface area contributed by atoms with Crippen molar-refractivity contribution in [1.82, 2.24) is 5.32 Å². The Balaban J connectivity index is 1.65. The van der Waals surface area contributed by atoms with Gasteiger partial charge in [-0.2, -0.15) is 0 Å². The second kappa shape index (κ2) is 10.7. The zero-order valence-corrected chi connectivity index (χ0v) is 18.8. The number of hydrogen-bond acceptors (Lipinski definition) is 5. The number of methoxy groups -OCH3 is 1. The predicted molar refractivity (Wildman–Crippen MR) is 124 cm³/mol. The maximum absolute atomic E-state index is 13.3. The maximum atomic E-state index is 13.3. The molecule has 1 N–H and O–H groups in total. The SMILES string of the molecule is COc1cccc(OCCNC(=O)CN(c2ccccc2)S(=O)(=O)c2ccc(C)cc2)c1. The van der Waals surface area contributed by atoms with Gasteiger partial charge in [-0.3, -0.25) is 9.10 Å². The molecule has 0 fully saturated rings. The second-order valence-corrected chi connectivity index (χ2v) is 8.90. The number of sulfonamides is 1. The monoisotopic (exact) mass is 454 g/mol. The highest BCUT2D eigenvalue weighted by Crippen LogP contribution is 2.23. The molecule has 168 valence electrons. The van der Waals surface area contributed by atoms with Crippen LogP contribution in [0.4, 0.5) is 5.69 Å². The fourth-order valence-corrected chi connectivity index (χ4v) is 4.40. The first-order valence-corrected chi connectivity index (χ1v) is 11.5. The molecule has 0 bridgehead atoms. The van der Waals surface area contributed by atoms with Crippen molar-refractivity contribution in [3.8, 4) is 11.5 Å². The summed E-state index contributed by atoms with van der Waals surface area (Å²) in [7, 11) is -2.35. The first-order valence-electron chi connectivity index (χ1n) is 10.1. The molecular formula is C24H26N2O5S. The summed E-state index contributed by atoms with van der Waals surface area (Å²) in [6.07, 6.45) is 0. The number of carbonyl (C=O) groups excluding carboxylic acids is 1. The van der Waals surface area contributed by atoms with Crippen LogP contribution in [0.5, 0.6) is 11.5 Å². The number of benzene rings is 3. The van der Waals surface area contributed by atoms with E-state index >= 15 is 0 Å². The van der Waals surface area contributed by atoms with E-state index in [0.717, 1.165) is 9.87 Å². The third kappa shape index (κ3) is 6.01. The van der Waals surface area contributed by atoms with Crippen molar-refractivity contribution in [2.45, 2.75) is 11.8 Å². The number of ether oxygens (including phenoxy) is 2. The van der Waals surface area contributed by atoms with Crippen LogP contribution in [0.3, 0.4) is 0 Å². The van der Waals surface area contributed by atoms with Crippen LogP contribution in [-0.4, -0.2) is 41.1 Å². The number of hydrogen-bond donors (Lipinski definition) is 1. The average molecular weight is 455 g/mol. The highest BCUT2D eigenvalue weighted by atomic mass is 32.2. The quantitative estimate of drug-likeness (QED) is 0.475. The third-order valence-corrected chi connectivity index (χ3v) is 6.46. The second-order valence-electron chi connectivity index (χ2n) is 7.04. The molecular weight excluding hydrogens is 428 g/mol. The van der Waals surface area contributed by atoms with Gasteiger partial charge in [-0.1, -0.05) is 42.0 Å². The summed E-state index contributed by atoms with van der Waals surface area (Å²) in [6, 6.07) is 22.2. The maximum Gasteiger partial charge on any atom is 0.264 e. The van der Waals surface area contributed by atoms with E-state index in [1.165, 1.54) is 0 Å². The summed E-state index contributed by atoms with van der Waals surface area (Å²) in [5.74, 6) is 0.858. The van der Waals surface area contributed by atoms with E-state index in [9.17, 15) is 13.2 Å². The van der Waals surface area contributed by atoms with E-state index in [2.05, 4.69) is 5.32 Å². The zero-order chi connectivity index (χ0) is 23.0. The molecule has 3 aromatic rings. The number of anilines is 1. The number of para-hydroxylation sites is 1. The molecule has 0 radical (unpaired) electrons. The van der Waals surface area contributed by atoms with Crippen LogP contribution in [-0.2, 0) is 14.8 Å². The number of carbonyl (C=O) groups is 1. The van der Waals surface area contributed by atoms with Gasteiger partial charge >= 0.3 is 0 Å². The Hall–Kier alpha value is -3.52. The summed E-state index contributed by atoms with van der Waals surface area (Å²) in [5.41, 5.74) is 1.36. The van der Waals surface area contributed by atoms with Crippen molar-refractivity contribution >= 4 is 21.6 Å². The van der Waals surface area contributed by atoms with Crippen LogP contribution in [0.25, 0.3) is 0 Å². The number of aryl methyl sites for hydroxylation is 1. The molecule has 0 spiro atoms. The molecule has 0 aliphatic carbocycles. The lowest BCUT2D eigenvalue weighted by Gasteiger charge is -2.24. The van der Waals surface area contributed by atoms with E-state index in [-0.39, 0.29) is 24.6 Å². The molecule has 7 nitrogen and oxygen atoms in total. The summed E-state index contributed by atoms with van der Waals surface area (Å²) in [6.45, 7) is 1.99. The number of nitrogens with zero attached hydrogens (tertiary/aromatic N) is 1. The molecule has 0 atom stereocenters. The summed E-state index contributed by atoms with van der Waals surface area (Å²) in [4.78, 5) is 12.7. The van der Waals surface area contributed by atoms with Crippen molar-refractivity contribution in [2.24, 2.45) is 0 Å². The predicted octanol–water partition coefficient (Wildman–Crippen LogP) is 3.39. The minimum atomic E-state index is -3.92. The number of amides is 1. The van der Waals surface area contributed by atoms with Gasteiger partial charge < -0.3 is 14.8 Å². The molecule has 32 heavy (non-hydrogen) atoms. The van der Waals surface area contributed by atoms with Gasteiger partial charge in [0.1, 0.15) is 24.7 Å². The van der Waals surface area contributed by atoms with E-state index in [0.29, 0.717) is 17.2 Å². The molecule has 0 heterocycles. The van der Waals surface area contributed by atoms with Gasteiger partial charge in [0.25, 0.3) is 10.0 Å². The van der Waals surface area contributed by atoms with E-state index in [1.54, 1.807) is 86.0 Å². The van der Waals surface area contributed by atoms with Crippen LogP contribution in [0.15, 0.2) is 83.8 Å². The summed E-state index contributed by atoms with van der Waals surface area (Å²) >= 11 is 0. The molecule has 0 aliphatic heterocycles. The zero-order valence-electron chi connectivity index (χ0n) is 18.0.